The molecule has 6 nitrogen and oxygen atoms in total. The van der Waals surface area contributed by atoms with Gasteiger partial charge in [0.05, 0.1) is 12.2 Å². The highest BCUT2D eigenvalue weighted by Crippen LogP contribution is 2.16. The molecule has 1 fully saturated rings. The van der Waals surface area contributed by atoms with Crippen LogP contribution in [0.4, 0.5) is 0 Å². The molecule has 0 bridgehead atoms. The van der Waals surface area contributed by atoms with E-state index in [4.69, 9.17) is 4.42 Å². The minimum absolute atomic E-state index is 0. The number of piperidine rings is 1. The summed E-state index contributed by atoms with van der Waals surface area (Å²) in [5.41, 5.74) is 0.945. The SMILES string of the molecule is CN=C(NCCCN1CCCCC1C)NCc1nc(C)c(C)o1.I. The summed E-state index contributed by atoms with van der Waals surface area (Å²) in [5.74, 6) is 2.37. The molecule has 1 aromatic heterocycles. The Labute approximate surface area is 162 Å². The fraction of sp³-hybridized carbons (Fsp3) is 0.765. The van der Waals surface area contributed by atoms with Crippen molar-refractivity contribution in [1.29, 1.82) is 0 Å². The van der Waals surface area contributed by atoms with E-state index in [1.54, 1.807) is 7.05 Å². The number of halogens is 1. The van der Waals surface area contributed by atoms with Gasteiger partial charge in [-0.05, 0) is 46.6 Å². The van der Waals surface area contributed by atoms with Crippen molar-refractivity contribution in [3.05, 3.63) is 17.3 Å². The minimum Gasteiger partial charge on any atom is -0.444 e. The molecule has 0 aromatic carbocycles. The summed E-state index contributed by atoms with van der Waals surface area (Å²) < 4.78 is 5.56. The van der Waals surface area contributed by atoms with Crippen LogP contribution in [0.2, 0.25) is 0 Å². The van der Waals surface area contributed by atoms with Crippen LogP contribution in [0.5, 0.6) is 0 Å². The zero-order chi connectivity index (χ0) is 16.7. The molecule has 1 unspecified atom stereocenters. The summed E-state index contributed by atoms with van der Waals surface area (Å²) >= 11 is 0. The Balaban J connectivity index is 0.00000288. The van der Waals surface area contributed by atoms with Crippen molar-refractivity contribution >= 4 is 29.9 Å². The first kappa shape index (κ1) is 21.2. The normalized spacial score (nSPS) is 19.0. The van der Waals surface area contributed by atoms with E-state index in [0.29, 0.717) is 12.4 Å². The van der Waals surface area contributed by atoms with Crippen LogP contribution in [0.25, 0.3) is 0 Å². The van der Waals surface area contributed by atoms with Crippen LogP contribution < -0.4 is 10.6 Å². The number of nitrogens with zero attached hydrogens (tertiary/aromatic N) is 3. The molecule has 0 spiro atoms. The molecule has 1 atom stereocenters. The van der Waals surface area contributed by atoms with Crippen LogP contribution in [0.15, 0.2) is 9.41 Å². The molecule has 0 radical (unpaired) electrons. The number of aromatic nitrogens is 1. The van der Waals surface area contributed by atoms with Crippen LogP contribution in [0.3, 0.4) is 0 Å². The van der Waals surface area contributed by atoms with Crippen molar-refractivity contribution in [3.63, 3.8) is 0 Å². The molecule has 1 aliphatic rings. The van der Waals surface area contributed by atoms with Crippen molar-refractivity contribution in [3.8, 4) is 0 Å². The Hall–Kier alpha value is -0.830. The smallest absolute Gasteiger partial charge is 0.214 e. The maximum atomic E-state index is 5.56. The van der Waals surface area contributed by atoms with Gasteiger partial charge in [0, 0.05) is 26.2 Å². The van der Waals surface area contributed by atoms with Crippen molar-refractivity contribution < 1.29 is 4.42 Å². The van der Waals surface area contributed by atoms with E-state index in [1.165, 1.54) is 25.8 Å². The zero-order valence-corrected chi connectivity index (χ0v) is 17.7. The van der Waals surface area contributed by atoms with Crippen molar-refractivity contribution in [2.75, 3.05) is 26.7 Å². The molecule has 1 aliphatic heterocycles. The fourth-order valence-electron chi connectivity index (χ4n) is 2.97. The number of aliphatic imine (C=N–C) groups is 1. The molecule has 24 heavy (non-hydrogen) atoms. The molecular weight excluding hydrogens is 417 g/mol. The first-order chi connectivity index (χ1) is 11.1. The van der Waals surface area contributed by atoms with E-state index in [1.807, 2.05) is 13.8 Å². The lowest BCUT2D eigenvalue weighted by Crippen LogP contribution is -2.41. The second-order valence-corrected chi connectivity index (χ2v) is 6.34. The molecule has 2 N–H and O–H groups in total. The monoisotopic (exact) mass is 449 g/mol. The number of oxazole rings is 1. The van der Waals surface area contributed by atoms with E-state index in [-0.39, 0.29) is 24.0 Å². The van der Waals surface area contributed by atoms with Gasteiger partial charge < -0.3 is 20.0 Å². The molecule has 7 heteroatoms. The number of hydrogen-bond donors (Lipinski definition) is 2. The summed E-state index contributed by atoms with van der Waals surface area (Å²) in [7, 11) is 1.79. The second-order valence-electron chi connectivity index (χ2n) is 6.34. The third kappa shape index (κ3) is 6.58. The molecule has 1 saturated heterocycles. The molecule has 0 saturated carbocycles. The van der Waals surface area contributed by atoms with E-state index in [2.05, 4.69) is 32.4 Å². The summed E-state index contributed by atoms with van der Waals surface area (Å²) in [6.45, 7) is 10.1. The van der Waals surface area contributed by atoms with Gasteiger partial charge in [-0.1, -0.05) is 6.42 Å². The highest BCUT2D eigenvalue weighted by molar-refractivity contribution is 14.0. The largest absolute Gasteiger partial charge is 0.444 e. The van der Waals surface area contributed by atoms with E-state index < -0.39 is 0 Å². The van der Waals surface area contributed by atoms with Crippen LogP contribution >= 0.6 is 24.0 Å². The van der Waals surface area contributed by atoms with E-state index in [0.717, 1.165) is 43.0 Å². The molecule has 0 aliphatic carbocycles. The fourth-order valence-corrected chi connectivity index (χ4v) is 2.97. The van der Waals surface area contributed by atoms with Gasteiger partial charge in [0.1, 0.15) is 5.76 Å². The Morgan fingerprint density at radius 3 is 2.75 bits per heavy atom. The first-order valence-electron chi connectivity index (χ1n) is 8.71. The predicted octanol–water partition coefficient (Wildman–Crippen LogP) is 2.84. The summed E-state index contributed by atoms with van der Waals surface area (Å²) in [5, 5.41) is 6.60. The number of aryl methyl sites for hydroxylation is 2. The average molecular weight is 449 g/mol. The second kappa shape index (κ2) is 10.9. The minimum atomic E-state index is 0. The van der Waals surface area contributed by atoms with Crippen LogP contribution in [0.1, 0.15) is 50.0 Å². The number of rotatable bonds is 6. The predicted molar refractivity (Wildman–Crippen MR) is 109 cm³/mol. The van der Waals surface area contributed by atoms with Gasteiger partial charge in [-0.2, -0.15) is 0 Å². The maximum absolute atomic E-state index is 5.56. The van der Waals surface area contributed by atoms with Gasteiger partial charge in [0.2, 0.25) is 5.89 Å². The van der Waals surface area contributed by atoms with Gasteiger partial charge in [0.25, 0.3) is 0 Å². The molecule has 138 valence electrons. The lowest BCUT2D eigenvalue weighted by Gasteiger charge is -2.33. The molecule has 2 heterocycles. The number of likely N-dealkylation sites (tertiary alicyclic amines) is 1. The van der Waals surface area contributed by atoms with Gasteiger partial charge in [-0.3, -0.25) is 4.99 Å². The van der Waals surface area contributed by atoms with Gasteiger partial charge in [-0.15, -0.1) is 24.0 Å². The van der Waals surface area contributed by atoms with Gasteiger partial charge in [0.15, 0.2) is 5.96 Å². The number of hydrogen-bond acceptors (Lipinski definition) is 4. The summed E-state index contributed by atoms with van der Waals surface area (Å²) in [6.07, 6.45) is 5.19. The van der Waals surface area contributed by atoms with Gasteiger partial charge >= 0.3 is 0 Å². The van der Waals surface area contributed by atoms with Crippen LogP contribution in [-0.2, 0) is 6.54 Å². The Morgan fingerprint density at radius 2 is 2.12 bits per heavy atom. The van der Waals surface area contributed by atoms with E-state index in [9.17, 15) is 0 Å². The van der Waals surface area contributed by atoms with E-state index >= 15 is 0 Å². The Bertz CT molecular complexity index is 498. The highest BCUT2D eigenvalue weighted by Gasteiger charge is 2.17. The van der Waals surface area contributed by atoms with Gasteiger partial charge in [-0.25, -0.2) is 4.98 Å². The first-order valence-corrected chi connectivity index (χ1v) is 8.71. The highest BCUT2D eigenvalue weighted by atomic mass is 127. The van der Waals surface area contributed by atoms with Crippen molar-refractivity contribution in [2.24, 2.45) is 4.99 Å². The lowest BCUT2D eigenvalue weighted by atomic mass is 10.0. The maximum Gasteiger partial charge on any atom is 0.214 e. The third-order valence-corrected chi connectivity index (χ3v) is 4.56. The Morgan fingerprint density at radius 1 is 1.33 bits per heavy atom. The lowest BCUT2D eigenvalue weighted by molar-refractivity contribution is 0.159. The van der Waals surface area contributed by atoms with Crippen molar-refractivity contribution in [1.82, 2.24) is 20.5 Å². The number of guanidine groups is 1. The zero-order valence-electron chi connectivity index (χ0n) is 15.4. The summed E-state index contributed by atoms with van der Waals surface area (Å²) in [4.78, 5) is 11.2. The van der Waals surface area contributed by atoms with Crippen LogP contribution in [-0.4, -0.2) is 48.6 Å². The molecule has 0 amide bonds. The topological polar surface area (TPSA) is 65.7 Å². The third-order valence-electron chi connectivity index (χ3n) is 4.56. The number of nitrogens with one attached hydrogen (secondary N) is 2. The average Bonchev–Trinajstić information content (AvgIpc) is 2.86. The van der Waals surface area contributed by atoms with Crippen LogP contribution in [0, 0.1) is 13.8 Å². The molecule has 2 rings (SSSR count). The molecular formula is C17H32IN5O. The standard InChI is InChI=1S/C17H31N5O.HI/c1-13-8-5-6-10-22(13)11-7-9-19-17(18-4)20-12-16-21-14(2)15(3)23-16;/h13H,5-12H2,1-4H3,(H2,18,19,20);1H. The van der Waals surface area contributed by atoms with Crippen molar-refractivity contribution in [2.45, 2.75) is 59.0 Å². The quantitative estimate of drug-likeness (QED) is 0.303. The summed E-state index contributed by atoms with van der Waals surface area (Å²) in [6, 6.07) is 0.734. The Kier molecular flexibility index (Phi) is 9.65. The molecule has 1 aromatic rings.